The topological polar surface area (TPSA) is 46.3 Å². The number of nitrogens with zero attached hydrogens (tertiary/aromatic N) is 1. The summed E-state index contributed by atoms with van der Waals surface area (Å²) >= 11 is 0. The molecule has 3 nitrogen and oxygen atoms in total. The zero-order valence-electron chi connectivity index (χ0n) is 9.61. The molecule has 1 atom stereocenters. The van der Waals surface area contributed by atoms with E-state index in [1.54, 1.807) is 0 Å². The van der Waals surface area contributed by atoms with Crippen LogP contribution in [0.15, 0.2) is 0 Å². The van der Waals surface area contributed by atoms with Gasteiger partial charge in [0.15, 0.2) is 0 Å². The Balaban J connectivity index is 1.87. The van der Waals surface area contributed by atoms with Crippen LogP contribution in [0.4, 0.5) is 0 Å². The van der Waals surface area contributed by atoms with E-state index in [1.807, 2.05) is 0 Å². The lowest BCUT2D eigenvalue weighted by molar-refractivity contribution is -0.133. The van der Waals surface area contributed by atoms with Crippen LogP contribution in [0.1, 0.15) is 45.4 Å². The summed E-state index contributed by atoms with van der Waals surface area (Å²) in [5.74, 6) is 0.981. The first-order valence-corrected chi connectivity index (χ1v) is 6.28. The van der Waals surface area contributed by atoms with Crippen molar-refractivity contribution in [3.8, 4) is 0 Å². The maximum Gasteiger partial charge on any atom is 0.239 e. The molecule has 0 aliphatic heterocycles. The Labute approximate surface area is 92.0 Å². The first-order valence-electron chi connectivity index (χ1n) is 6.28. The molecule has 0 saturated heterocycles. The fourth-order valence-electron chi connectivity index (χ4n) is 2.03. The van der Waals surface area contributed by atoms with E-state index in [-0.39, 0.29) is 11.9 Å². The van der Waals surface area contributed by atoms with Crippen molar-refractivity contribution in [2.24, 2.45) is 11.7 Å². The molecule has 2 N–H and O–H groups in total. The van der Waals surface area contributed by atoms with Crippen molar-refractivity contribution in [3.05, 3.63) is 0 Å². The van der Waals surface area contributed by atoms with E-state index in [1.165, 1.54) is 25.7 Å². The molecular weight excluding hydrogens is 188 g/mol. The van der Waals surface area contributed by atoms with Crippen LogP contribution in [0.2, 0.25) is 0 Å². The molecule has 3 heteroatoms. The van der Waals surface area contributed by atoms with Gasteiger partial charge in [0.2, 0.25) is 5.91 Å². The molecule has 2 aliphatic carbocycles. The number of hydrogen-bond donors (Lipinski definition) is 1. The number of carbonyl (C=O) groups excluding carboxylic acids is 1. The van der Waals surface area contributed by atoms with Crippen LogP contribution >= 0.6 is 0 Å². The summed E-state index contributed by atoms with van der Waals surface area (Å²) in [6, 6.07) is 0.273. The second-order valence-electron chi connectivity index (χ2n) is 5.06. The average Bonchev–Trinajstić information content (AvgIpc) is 3.04. The average molecular weight is 210 g/mol. The van der Waals surface area contributed by atoms with Gasteiger partial charge in [0, 0.05) is 12.6 Å². The quantitative estimate of drug-likeness (QED) is 0.722. The fourth-order valence-corrected chi connectivity index (χ4v) is 2.03. The largest absolute Gasteiger partial charge is 0.338 e. The minimum atomic E-state index is -0.255. The molecule has 2 aliphatic rings. The Kier molecular flexibility index (Phi) is 3.29. The zero-order valence-corrected chi connectivity index (χ0v) is 9.61. The smallest absolute Gasteiger partial charge is 0.239 e. The van der Waals surface area contributed by atoms with E-state index >= 15 is 0 Å². The lowest BCUT2D eigenvalue weighted by Crippen LogP contribution is -2.45. The van der Waals surface area contributed by atoms with Gasteiger partial charge in [-0.25, -0.2) is 0 Å². The standard InChI is InChI=1S/C12H22N2O/c1-2-3-11(13)12(15)14(10-6-7-10)8-9-4-5-9/h9-11H,2-8,13H2,1H3/t11-/m1/s1. The Hall–Kier alpha value is -0.570. The number of nitrogens with two attached hydrogens (primary N) is 1. The third kappa shape index (κ3) is 2.94. The first-order chi connectivity index (χ1) is 7.22. The molecule has 2 rings (SSSR count). The van der Waals surface area contributed by atoms with Crippen molar-refractivity contribution >= 4 is 5.91 Å². The molecule has 15 heavy (non-hydrogen) atoms. The Bertz CT molecular complexity index is 234. The molecular formula is C12H22N2O. The van der Waals surface area contributed by atoms with Gasteiger partial charge in [0.05, 0.1) is 6.04 Å². The molecule has 86 valence electrons. The van der Waals surface area contributed by atoms with Crippen molar-refractivity contribution in [2.45, 2.75) is 57.5 Å². The molecule has 0 aromatic rings. The molecule has 0 heterocycles. The summed E-state index contributed by atoms with van der Waals surface area (Å²) in [4.78, 5) is 14.1. The van der Waals surface area contributed by atoms with Gasteiger partial charge in [-0.05, 0) is 38.0 Å². The lowest BCUT2D eigenvalue weighted by atomic mass is 10.1. The highest BCUT2D eigenvalue weighted by atomic mass is 16.2. The number of amides is 1. The van der Waals surface area contributed by atoms with Gasteiger partial charge in [-0.15, -0.1) is 0 Å². The molecule has 2 fully saturated rings. The first kappa shape index (κ1) is 10.9. The molecule has 0 aromatic carbocycles. The van der Waals surface area contributed by atoms with Crippen molar-refractivity contribution in [2.75, 3.05) is 6.54 Å². The molecule has 0 bridgehead atoms. The van der Waals surface area contributed by atoms with Crippen LogP contribution in [0.25, 0.3) is 0 Å². The predicted molar refractivity (Wildman–Crippen MR) is 60.3 cm³/mol. The van der Waals surface area contributed by atoms with Crippen LogP contribution in [-0.4, -0.2) is 29.4 Å². The monoisotopic (exact) mass is 210 g/mol. The molecule has 0 radical (unpaired) electrons. The number of hydrogen-bond acceptors (Lipinski definition) is 2. The zero-order chi connectivity index (χ0) is 10.8. The van der Waals surface area contributed by atoms with Gasteiger partial charge < -0.3 is 10.6 Å². The molecule has 0 spiro atoms. The third-order valence-corrected chi connectivity index (χ3v) is 3.34. The molecule has 0 unspecified atom stereocenters. The lowest BCUT2D eigenvalue weighted by Gasteiger charge is -2.25. The Morgan fingerprint density at radius 1 is 1.40 bits per heavy atom. The predicted octanol–water partition coefficient (Wildman–Crippen LogP) is 1.51. The maximum atomic E-state index is 12.1. The number of rotatable bonds is 6. The molecule has 1 amide bonds. The van der Waals surface area contributed by atoms with Crippen molar-refractivity contribution < 1.29 is 4.79 Å². The summed E-state index contributed by atoms with van der Waals surface area (Å²) < 4.78 is 0. The van der Waals surface area contributed by atoms with Crippen LogP contribution in [0, 0.1) is 5.92 Å². The van der Waals surface area contributed by atoms with E-state index in [0.717, 1.165) is 25.3 Å². The summed E-state index contributed by atoms with van der Waals surface area (Å²) in [7, 11) is 0. The summed E-state index contributed by atoms with van der Waals surface area (Å²) in [6.45, 7) is 3.05. The minimum Gasteiger partial charge on any atom is -0.338 e. The third-order valence-electron chi connectivity index (χ3n) is 3.34. The van der Waals surface area contributed by atoms with E-state index in [2.05, 4.69) is 11.8 Å². The normalized spacial score (nSPS) is 22.5. The Morgan fingerprint density at radius 3 is 2.53 bits per heavy atom. The summed E-state index contributed by atoms with van der Waals surface area (Å²) in [5, 5.41) is 0. The van der Waals surface area contributed by atoms with Crippen LogP contribution in [0.5, 0.6) is 0 Å². The van der Waals surface area contributed by atoms with E-state index in [9.17, 15) is 4.79 Å². The number of carbonyl (C=O) groups is 1. The van der Waals surface area contributed by atoms with Gasteiger partial charge in [0.1, 0.15) is 0 Å². The maximum absolute atomic E-state index is 12.1. The van der Waals surface area contributed by atoms with Gasteiger partial charge in [0.25, 0.3) is 0 Å². The van der Waals surface area contributed by atoms with Gasteiger partial charge in [-0.1, -0.05) is 13.3 Å². The van der Waals surface area contributed by atoms with Crippen LogP contribution in [-0.2, 0) is 4.79 Å². The van der Waals surface area contributed by atoms with E-state index < -0.39 is 0 Å². The highest BCUT2D eigenvalue weighted by molar-refractivity contribution is 5.82. The fraction of sp³-hybridized carbons (Fsp3) is 0.917. The molecule has 2 saturated carbocycles. The van der Waals surface area contributed by atoms with Crippen LogP contribution < -0.4 is 5.73 Å². The summed E-state index contributed by atoms with van der Waals surface area (Å²) in [6.07, 6.45) is 6.81. The SMILES string of the molecule is CCC[C@@H](N)C(=O)N(CC1CC1)C1CC1. The highest BCUT2D eigenvalue weighted by Gasteiger charge is 2.37. The van der Waals surface area contributed by atoms with Crippen molar-refractivity contribution in [3.63, 3.8) is 0 Å². The van der Waals surface area contributed by atoms with Crippen molar-refractivity contribution in [1.82, 2.24) is 4.90 Å². The highest BCUT2D eigenvalue weighted by Crippen LogP contribution is 2.35. The van der Waals surface area contributed by atoms with Gasteiger partial charge >= 0.3 is 0 Å². The summed E-state index contributed by atoms with van der Waals surface area (Å²) in [5.41, 5.74) is 5.90. The second kappa shape index (κ2) is 4.52. The van der Waals surface area contributed by atoms with E-state index in [0.29, 0.717) is 6.04 Å². The van der Waals surface area contributed by atoms with Crippen molar-refractivity contribution in [1.29, 1.82) is 0 Å². The van der Waals surface area contributed by atoms with E-state index in [4.69, 9.17) is 5.73 Å². The molecule has 0 aromatic heterocycles. The van der Waals surface area contributed by atoms with Gasteiger partial charge in [-0.3, -0.25) is 4.79 Å². The van der Waals surface area contributed by atoms with Crippen LogP contribution in [0.3, 0.4) is 0 Å². The second-order valence-corrected chi connectivity index (χ2v) is 5.06. The Morgan fingerprint density at radius 2 is 2.07 bits per heavy atom. The van der Waals surface area contributed by atoms with Gasteiger partial charge in [-0.2, -0.15) is 0 Å². The minimum absolute atomic E-state index is 0.200.